The van der Waals surface area contributed by atoms with Gasteiger partial charge in [0.1, 0.15) is 6.07 Å². The lowest BCUT2D eigenvalue weighted by Crippen LogP contribution is -2.04. The lowest BCUT2D eigenvalue weighted by Gasteiger charge is -2.15. The van der Waals surface area contributed by atoms with E-state index in [4.69, 9.17) is 19.7 Å². The minimum atomic E-state index is -0.372. The third-order valence-corrected chi connectivity index (χ3v) is 4.54. The highest BCUT2D eigenvalue weighted by Gasteiger charge is 2.37. The van der Waals surface area contributed by atoms with Crippen LogP contribution in [0.4, 0.5) is 0 Å². The van der Waals surface area contributed by atoms with E-state index in [1.54, 1.807) is 12.1 Å². The van der Waals surface area contributed by atoms with E-state index < -0.39 is 0 Å². The molecule has 0 aromatic heterocycles. The molecule has 0 amide bonds. The van der Waals surface area contributed by atoms with Gasteiger partial charge in [0.2, 0.25) is 0 Å². The average molecular weight is 378 g/mol. The lowest BCUT2D eigenvalue weighted by atomic mass is 9.84. The highest BCUT2D eigenvalue weighted by atomic mass is 14.7. The average Bonchev–Trinajstić information content (AvgIpc) is 3.34. The van der Waals surface area contributed by atoms with Gasteiger partial charge in [0.15, 0.2) is 5.70 Å². The van der Waals surface area contributed by atoms with Gasteiger partial charge in [-0.25, -0.2) is 25.1 Å². The van der Waals surface area contributed by atoms with Crippen LogP contribution < -0.4 is 0 Å². The molecule has 1 aromatic rings. The normalized spacial score (nSPS) is 15.6. The van der Waals surface area contributed by atoms with Gasteiger partial charge in [-0.05, 0) is 22.8 Å². The van der Waals surface area contributed by atoms with E-state index in [-0.39, 0.29) is 67.2 Å². The van der Waals surface area contributed by atoms with E-state index in [0.717, 1.165) is 0 Å². The van der Waals surface area contributed by atoms with Crippen molar-refractivity contribution in [3.8, 4) is 30.3 Å². The van der Waals surface area contributed by atoms with Crippen molar-refractivity contribution in [2.24, 2.45) is 0 Å². The second kappa shape index (κ2) is 7.02. The van der Waals surface area contributed by atoms with Crippen LogP contribution in [0.25, 0.3) is 37.0 Å². The molecule has 0 unspecified atom stereocenters. The fraction of sp³-hybridized carbons (Fsp3) is 0. The summed E-state index contributed by atoms with van der Waals surface area (Å²) in [6.45, 7) is 21.9. The summed E-state index contributed by atoms with van der Waals surface area (Å²) in [5.74, 6) is 0. The zero-order valence-corrected chi connectivity index (χ0v) is 14.7. The molecule has 0 saturated carbocycles. The summed E-state index contributed by atoms with van der Waals surface area (Å²) in [4.78, 5) is 9.66. The number of hydrogen-bond acceptors (Lipinski definition) is 5. The maximum atomic E-state index is 9.89. The van der Waals surface area contributed by atoms with Crippen LogP contribution >= 0.6 is 0 Å². The Kier molecular flexibility index (Phi) is 4.42. The van der Waals surface area contributed by atoms with Gasteiger partial charge in [-0.2, -0.15) is 15.8 Å². The van der Waals surface area contributed by atoms with E-state index >= 15 is 0 Å². The van der Waals surface area contributed by atoms with Crippen molar-refractivity contribution >= 4 is 22.4 Å². The zero-order chi connectivity index (χ0) is 22.0. The van der Waals surface area contributed by atoms with Crippen molar-refractivity contribution in [1.82, 2.24) is 0 Å². The first kappa shape index (κ1) is 18.9. The Bertz CT molecular complexity index is 1400. The Balaban J connectivity index is 2.73. The number of hydrogen-bond donors (Lipinski definition) is 0. The molecule has 0 bridgehead atoms. The summed E-state index contributed by atoms with van der Waals surface area (Å²) in [5.41, 5.74) is -0.827. The highest BCUT2D eigenvalue weighted by molar-refractivity contribution is 6.11. The van der Waals surface area contributed by atoms with Gasteiger partial charge in [0, 0.05) is 16.7 Å². The molecule has 8 heteroatoms. The number of nitriles is 5. The third-order valence-electron chi connectivity index (χ3n) is 4.54. The number of allylic oxidation sites excluding steroid dienone is 7. The quantitative estimate of drug-likeness (QED) is 0.498. The molecule has 0 heterocycles. The molecule has 3 rings (SSSR count). The van der Waals surface area contributed by atoms with Crippen molar-refractivity contribution in [2.45, 2.75) is 0 Å². The van der Waals surface area contributed by atoms with Gasteiger partial charge in [-0.15, -0.1) is 0 Å². The van der Waals surface area contributed by atoms with Crippen molar-refractivity contribution < 1.29 is 0 Å². The molecule has 0 radical (unpaired) electrons. The van der Waals surface area contributed by atoms with Crippen molar-refractivity contribution in [2.75, 3.05) is 0 Å². The van der Waals surface area contributed by atoms with E-state index in [2.05, 4.69) is 14.5 Å². The maximum Gasteiger partial charge on any atom is 0.269 e. The Hall–Kier alpha value is -5.90. The maximum absolute atomic E-state index is 9.89. The molecule has 1 aromatic carbocycles. The van der Waals surface area contributed by atoms with Crippen molar-refractivity contribution in [3.05, 3.63) is 91.2 Å². The smallest absolute Gasteiger partial charge is 0.238 e. The summed E-state index contributed by atoms with van der Waals surface area (Å²) in [5, 5.41) is 48.0. The number of fused-ring (bicyclic) bond motifs is 2. The number of rotatable bonds is 0. The summed E-state index contributed by atoms with van der Waals surface area (Å²) < 4.78 is 0. The molecular formula is C22H2N8. The standard InChI is InChI=1S/C22H2N8/c1-28-16-5-13(18(10-27)30-3)21-14(7-24)19-11(6-23)4-12(17(9-26)29-2)20(19)15(8-25)22(16)21/h4-5H/b17-12-,18-13+. The Morgan fingerprint density at radius 2 is 1.17 bits per heavy atom. The topological polar surface area (TPSA) is 132 Å². The first-order valence-electron chi connectivity index (χ1n) is 7.86. The molecule has 2 aliphatic rings. The predicted molar refractivity (Wildman–Crippen MR) is 102 cm³/mol. The minimum absolute atomic E-state index is 0.0161. The SMILES string of the molecule is [C-]#[N+]C1=C/C(=C(/C#N)[N+]#[C-])c2c(C#N)c3c(c(C#N)c21)/C(=C(/C#N)[N+]#[C-])C=C3C#N. The summed E-state index contributed by atoms with van der Waals surface area (Å²) in [6, 6.07) is 9.24. The second-order valence-corrected chi connectivity index (χ2v) is 5.76. The fourth-order valence-corrected chi connectivity index (χ4v) is 3.45. The van der Waals surface area contributed by atoms with Gasteiger partial charge in [0.05, 0.1) is 60.7 Å². The molecule has 0 spiro atoms. The molecule has 2 aliphatic carbocycles. The summed E-state index contributed by atoms with van der Waals surface area (Å²) in [6.07, 6.45) is 2.51. The van der Waals surface area contributed by atoms with Gasteiger partial charge < -0.3 is 0 Å². The molecule has 8 nitrogen and oxygen atoms in total. The van der Waals surface area contributed by atoms with E-state index in [1.807, 2.05) is 18.2 Å². The van der Waals surface area contributed by atoms with Gasteiger partial charge in [-0.3, -0.25) is 0 Å². The second-order valence-electron chi connectivity index (χ2n) is 5.76. The van der Waals surface area contributed by atoms with Crippen molar-refractivity contribution in [1.29, 1.82) is 26.3 Å². The van der Waals surface area contributed by atoms with Crippen molar-refractivity contribution in [3.63, 3.8) is 0 Å². The van der Waals surface area contributed by atoms with Crippen LogP contribution in [-0.2, 0) is 0 Å². The Labute approximate surface area is 170 Å². The summed E-state index contributed by atoms with van der Waals surface area (Å²) >= 11 is 0. The van der Waals surface area contributed by atoms with Gasteiger partial charge in [-0.1, -0.05) is 6.08 Å². The molecule has 0 fully saturated rings. The highest BCUT2D eigenvalue weighted by Crippen LogP contribution is 2.50. The third kappa shape index (κ3) is 2.25. The van der Waals surface area contributed by atoms with Crippen LogP contribution in [0.1, 0.15) is 33.4 Å². The van der Waals surface area contributed by atoms with Crippen LogP contribution in [-0.4, -0.2) is 0 Å². The molecule has 0 saturated heterocycles. The van der Waals surface area contributed by atoms with Crippen LogP contribution in [0, 0.1) is 76.4 Å². The van der Waals surface area contributed by atoms with Crippen LogP contribution in [0.5, 0.6) is 0 Å². The van der Waals surface area contributed by atoms with E-state index in [9.17, 15) is 26.3 Å². The Morgan fingerprint density at radius 1 is 0.667 bits per heavy atom. The first-order valence-corrected chi connectivity index (χ1v) is 7.86. The van der Waals surface area contributed by atoms with E-state index in [0.29, 0.717) is 0 Å². The van der Waals surface area contributed by atoms with E-state index in [1.165, 1.54) is 12.2 Å². The minimum Gasteiger partial charge on any atom is -0.238 e. The molecule has 130 valence electrons. The predicted octanol–water partition coefficient (Wildman–Crippen LogP) is 3.93. The largest absolute Gasteiger partial charge is 0.269 e. The van der Waals surface area contributed by atoms with Crippen LogP contribution in [0.15, 0.2) is 23.5 Å². The number of benzene rings is 1. The number of nitrogens with zero attached hydrogens (tertiary/aromatic N) is 8. The monoisotopic (exact) mass is 378 g/mol. The lowest BCUT2D eigenvalue weighted by molar-refractivity contribution is 1.38. The zero-order valence-electron chi connectivity index (χ0n) is 14.7. The van der Waals surface area contributed by atoms with Gasteiger partial charge in [0.25, 0.3) is 11.4 Å². The molecule has 0 atom stereocenters. The fourth-order valence-electron chi connectivity index (χ4n) is 3.45. The molecule has 0 aliphatic heterocycles. The van der Waals surface area contributed by atoms with Crippen LogP contribution in [0.3, 0.4) is 0 Å². The first-order chi connectivity index (χ1) is 14.6. The van der Waals surface area contributed by atoms with Crippen LogP contribution in [0.2, 0.25) is 0 Å². The Morgan fingerprint density at radius 3 is 1.60 bits per heavy atom. The molecule has 30 heavy (non-hydrogen) atoms. The molecule has 0 N–H and O–H groups in total. The molecular weight excluding hydrogens is 376 g/mol. The van der Waals surface area contributed by atoms with Gasteiger partial charge >= 0.3 is 0 Å². The summed E-state index contributed by atoms with van der Waals surface area (Å²) in [7, 11) is 0.